The van der Waals surface area contributed by atoms with Crippen LogP contribution in [0.25, 0.3) is 0 Å². The summed E-state index contributed by atoms with van der Waals surface area (Å²) in [6.07, 6.45) is 0. The summed E-state index contributed by atoms with van der Waals surface area (Å²) >= 11 is 1.59. The van der Waals surface area contributed by atoms with Gasteiger partial charge in [0, 0.05) is 11.4 Å². The van der Waals surface area contributed by atoms with Gasteiger partial charge in [0.15, 0.2) is 0 Å². The predicted octanol–water partition coefficient (Wildman–Crippen LogP) is 5.18. The predicted molar refractivity (Wildman–Crippen MR) is 108 cm³/mol. The number of carbonyl (C=O) groups is 1. The van der Waals surface area contributed by atoms with E-state index in [0.717, 1.165) is 28.3 Å². The Labute approximate surface area is 155 Å². The van der Waals surface area contributed by atoms with E-state index in [4.69, 9.17) is 4.74 Å². The van der Waals surface area contributed by atoms with E-state index in [1.807, 2.05) is 50.2 Å². The maximum Gasteiger partial charge on any atom is 0.234 e. The molecule has 4 heteroatoms. The summed E-state index contributed by atoms with van der Waals surface area (Å²) in [5.41, 5.74) is 4.37. The lowest BCUT2D eigenvalue weighted by Crippen LogP contribution is -2.17. The first-order valence-electron chi connectivity index (χ1n) is 8.64. The standard InChI is InChI=1S/C21H27NO2S/c1-15(2)18-10-7-9-17(4)21(18)22-20(23)14-25-13-12-24-19-11-6-5-8-16(19)3/h5-11,15H,12-14H2,1-4H3,(H,22,23). The number of nitrogens with one attached hydrogen (secondary N) is 1. The summed E-state index contributed by atoms with van der Waals surface area (Å²) < 4.78 is 5.75. The second-order valence-corrected chi connectivity index (χ2v) is 7.51. The number of hydrogen-bond acceptors (Lipinski definition) is 3. The molecule has 25 heavy (non-hydrogen) atoms. The molecule has 0 aliphatic carbocycles. The van der Waals surface area contributed by atoms with Crippen LogP contribution in [0.15, 0.2) is 42.5 Å². The molecule has 0 atom stereocenters. The van der Waals surface area contributed by atoms with Crippen LogP contribution < -0.4 is 10.1 Å². The van der Waals surface area contributed by atoms with Gasteiger partial charge in [0.2, 0.25) is 5.91 Å². The number of rotatable bonds is 8. The summed E-state index contributed by atoms with van der Waals surface area (Å²) in [6, 6.07) is 14.1. The van der Waals surface area contributed by atoms with E-state index in [9.17, 15) is 4.79 Å². The smallest absolute Gasteiger partial charge is 0.234 e. The maximum absolute atomic E-state index is 12.3. The Morgan fingerprint density at radius 2 is 1.80 bits per heavy atom. The number of hydrogen-bond donors (Lipinski definition) is 1. The van der Waals surface area contributed by atoms with Crippen molar-refractivity contribution in [1.82, 2.24) is 0 Å². The molecule has 0 saturated carbocycles. The molecule has 0 saturated heterocycles. The Kier molecular flexibility index (Phi) is 7.38. The van der Waals surface area contributed by atoms with Gasteiger partial charge in [-0.25, -0.2) is 0 Å². The molecule has 0 aliphatic rings. The third-order valence-corrected chi connectivity index (χ3v) is 4.93. The summed E-state index contributed by atoms with van der Waals surface area (Å²) in [7, 11) is 0. The van der Waals surface area contributed by atoms with E-state index in [-0.39, 0.29) is 5.91 Å². The zero-order valence-corrected chi connectivity index (χ0v) is 16.3. The Hall–Kier alpha value is -1.94. The maximum atomic E-state index is 12.3. The molecular formula is C21H27NO2S. The van der Waals surface area contributed by atoms with Gasteiger partial charge in [0.25, 0.3) is 0 Å². The molecule has 2 aromatic carbocycles. The average Bonchev–Trinajstić information content (AvgIpc) is 2.57. The zero-order valence-electron chi connectivity index (χ0n) is 15.5. The lowest BCUT2D eigenvalue weighted by molar-refractivity contribution is -0.113. The topological polar surface area (TPSA) is 38.3 Å². The van der Waals surface area contributed by atoms with E-state index in [0.29, 0.717) is 18.3 Å². The van der Waals surface area contributed by atoms with Gasteiger partial charge in [-0.15, -0.1) is 11.8 Å². The van der Waals surface area contributed by atoms with Crippen LogP contribution in [0.3, 0.4) is 0 Å². The van der Waals surface area contributed by atoms with Crippen molar-refractivity contribution >= 4 is 23.4 Å². The SMILES string of the molecule is Cc1ccccc1OCCSCC(=O)Nc1c(C)cccc1C(C)C. The average molecular weight is 358 g/mol. The number of para-hydroxylation sites is 2. The van der Waals surface area contributed by atoms with Crippen LogP contribution in [0.1, 0.15) is 36.5 Å². The summed E-state index contributed by atoms with van der Waals surface area (Å²) in [6.45, 7) is 8.95. The van der Waals surface area contributed by atoms with Crippen LogP contribution in [0, 0.1) is 13.8 Å². The van der Waals surface area contributed by atoms with Crippen LogP contribution in [0.4, 0.5) is 5.69 Å². The summed E-state index contributed by atoms with van der Waals surface area (Å²) in [5, 5.41) is 3.08. The van der Waals surface area contributed by atoms with Crippen molar-refractivity contribution in [1.29, 1.82) is 0 Å². The van der Waals surface area contributed by atoms with E-state index in [2.05, 4.69) is 25.2 Å². The minimum Gasteiger partial charge on any atom is -0.492 e. The van der Waals surface area contributed by atoms with Crippen molar-refractivity contribution < 1.29 is 9.53 Å². The third-order valence-electron chi connectivity index (χ3n) is 4.00. The summed E-state index contributed by atoms with van der Waals surface area (Å²) in [5.74, 6) is 2.55. The van der Waals surface area contributed by atoms with E-state index in [1.54, 1.807) is 11.8 Å². The van der Waals surface area contributed by atoms with Gasteiger partial charge in [0.05, 0.1) is 12.4 Å². The largest absolute Gasteiger partial charge is 0.492 e. The number of aryl methyl sites for hydroxylation is 2. The van der Waals surface area contributed by atoms with Crippen LogP contribution in [0.2, 0.25) is 0 Å². The second-order valence-electron chi connectivity index (χ2n) is 6.41. The first kappa shape index (κ1) is 19.4. The molecule has 0 radical (unpaired) electrons. The number of anilines is 1. The van der Waals surface area contributed by atoms with Crippen LogP contribution in [-0.2, 0) is 4.79 Å². The Bertz CT molecular complexity index is 713. The van der Waals surface area contributed by atoms with Gasteiger partial charge in [-0.1, -0.05) is 50.2 Å². The highest BCUT2D eigenvalue weighted by atomic mass is 32.2. The van der Waals surface area contributed by atoms with Crippen molar-refractivity contribution in [3.05, 3.63) is 59.2 Å². The van der Waals surface area contributed by atoms with Crippen LogP contribution in [0.5, 0.6) is 5.75 Å². The highest BCUT2D eigenvalue weighted by molar-refractivity contribution is 7.99. The first-order valence-corrected chi connectivity index (χ1v) is 9.80. The van der Waals surface area contributed by atoms with Gasteiger partial charge in [-0.3, -0.25) is 4.79 Å². The summed E-state index contributed by atoms with van der Waals surface area (Å²) in [4.78, 5) is 12.3. The Balaban J connectivity index is 1.77. The molecule has 2 aromatic rings. The molecule has 3 nitrogen and oxygen atoms in total. The van der Waals surface area contributed by atoms with Crippen molar-refractivity contribution in [3.63, 3.8) is 0 Å². The van der Waals surface area contributed by atoms with Crippen molar-refractivity contribution in [2.45, 2.75) is 33.6 Å². The number of benzene rings is 2. The Morgan fingerprint density at radius 1 is 1.08 bits per heavy atom. The number of ether oxygens (including phenoxy) is 1. The molecule has 0 aromatic heterocycles. The highest BCUT2D eigenvalue weighted by Gasteiger charge is 2.12. The second kappa shape index (κ2) is 9.52. The normalized spacial score (nSPS) is 10.8. The van der Waals surface area contributed by atoms with Gasteiger partial charge < -0.3 is 10.1 Å². The quantitative estimate of drug-likeness (QED) is 0.662. The minimum absolute atomic E-state index is 0.0390. The van der Waals surface area contributed by atoms with Crippen LogP contribution in [-0.4, -0.2) is 24.0 Å². The highest BCUT2D eigenvalue weighted by Crippen LogP contribution is 2.27. The molecule has 0 unspecified atom stereocenters. The monoisotopic (exact) mass is 357 g/mol. The fourth-order valence-corrected chi connectivity index (χ4v) is 3.21. The minimum atomic E-state index is 0.0390. The number of thioether (sulfide) groups is 1. The molecule has 1 amide bonds. The van der Waals surface area contributed by atoms with Gasteiger partial charge >= 0.3 is 0 Å². The molecule has 0 bridgehead atoms. The van der Waals surface area contributed by atoms with Gasteiger partial charge in [-0.05, 0) is 42.5 Å². The van der Waals surface area contributed by atoms with Crippen LogP contribution >= 0.6 is 11.8 Å². The number of amides is 1. The van der Waals surface area contributed by atoms with E-state index in [1.165, 1.54) is 5.56 Å². The molecule has 0 aliphatic heterocycles. The van der Waals surface area contributed by atoms with E-state index >= 15 is 0 Å². The van der Waals surface area contributed by atoms with Crippen molar-refractivity contribution in [3.8, 4) is 5.75 Å². The third kappa shape index (κ3) is 5.82. The molecular weight excluding hydrogens is 330 g/mol. The van der Waals surface area contributed by atoms with E-state index < -0.39 is 0 Å². The molecule has 0 heterocycles. The Morgan fingerprint density at radius 3 is 2.52 bits per heavy atom. The van der Waals surface area contributed by atoms with Crippen molar-refractivity contribution in [2.24, 2.45) is 0 Å². The molecule has 2 rings (SSSR count). The lowest BCUT2D eigenvalue weighted by atomic mass is 9.98. The van der Waals surface area contributed by atoms with Gasteiger partial charge in [0.1, 0.15) is 5.75 Å². The lowest BCUT2D eigenvalue weighted by Gasteiger charge is -2.16. The fraction of sp³-hybridized carbons (Fsp3) is 0.381. The van der Waals surface area contributed by atoms with Gasteiger partial charge in [-0.2, -0.15) is 0 Å². The molecule has 1 N–H and O–H groups in total. The molecule has 0 fully saturated rings. The van der Waals surface area contributed by atoms with Crippen molar-refractivity contribution in [2.75, 3.05) is 23.4 Å². The molecule has 0 spiro atoms. The number of carbonyl (C=O) groups excluding carboxylic acids is 1. The molecule has 134 valence electrons. The first-order chi connectivity index (χ1) is 12.0. The zero-order chi connectivity index (χ0) is 18.2. The fourth-order valence-electron chi connectivity index (χ4n) is 2.61.